The van der Waals surface area contributed by atoms with Gasteiger partial charge in [-0.15, -0.1) is 0 Å². The average Bonchev–Trinajstić information content (AvgIpc) is 2.96. The van der Waals surface area contributed by atoms with Gasteiger partial charge >= 0.3 is 5.97 Å². The van der Waals surface area contributed by atoms with E-state index in [2.05, 4.69) is 5.32 Å². The van der Waals surface area contributed by atoms with E-state index < -0.39 is 18.5 Å². The molecule has 0 saturated heterocycles. The number of ketones is 1. The molecule has 40 heavy (non-hydrogen) atoms. The highest BCUT2D eigenvalue weighted by atomic mass is 35.5. The minimum atomic E-state index is -0.708. The van der Waals surface area contributed by atoms with Crippen LogP contribution in [0.25, 0.3) is 6.08 Å². The number of nitrogens with one attached hydrogen (secondary N) is 1. The molecule has 0 spiro atoms. The summed E-state index contributed by atoms with van der Waals surface area (Å²) in [7, 11) is 0. The van der Waals surface area contributed by atoms with Crippen molar-refractivity contribution in [3.05, 3.63) is 134 Å². The molecule has 0 fully saturated rings. The number of esters is 1. The average molecular weight is 595 g/mol. The second-order valence-corrected chi connectivity index (χ2v) is 9.68. The van der Waals surface area contributed by atoms with Crippen molar-refractivity contribution in [1.29, 1.82) is 0 Å². The van der Waals surface area contributed by atoms with Gasteiger partial charge in [-0.05, 0) is 54.1 Å². The number of carbonyl (C=O) groups is 3. The summed E-state index contributed by atoms with van der Waals surface area (Å²) in [4.78, 5) is 37.5. The van der Waals surface area contributed by atoms with E-state index in [1.807, 2.05) is 0 Å². The Kier molecular flexibility index (Phi) is 9.97. The minimum Gasteiger partial charge on any atom is -0.489 e. The van der Waals surface area contributed by atoms with E-state index in [0.29, 0.717) is 31.9 Å². The van der Waals surface area contributed by atoms with Crippen molar-refractivity contribution >= 4 is 64.2 Å². The van der Waals surface area contributed by atoms with Gasteiger partial charge in [0.25, 0.3) is 5.91 Å². The zero-order valence-electron chi connectivity index (χ0n) is 20.9. The first-order valence-corrected chi connectivity index (χ1v) is 13.1. The van der Waals surface area contributed by atoms with Crippen molar-refractivity contribution in [2.75, 3.05) is 11.9 Å². The Balaban J connectivity index is 1.28. The molecule has 9 heteroatoms. The van der Waals surface area contributed by atoms with Crippen LogP contribution in [0.1, 0.15) is 27.0 Å². The Bertz CT molecular complexity index is 1530. The standard InChI is InChI=1S/C31H22Cl3NO5/c32-22-12-15-28(24(17-22)31(38)21-5-2-1-3-6-21)35-29(36)19-40-30(37)16-11-20-9-13-23(14-10-20)39-18-25-26(33)7-4-8-27(25)34/h1-17H,18-19H2,(H,35,36)/b16-11+. The number of amides is 1. The Morgan fingerprint density at radius 2 is 1.50 bits per heavy atom. The van der Waals surface area contributed by atoms with Crippen LogP contribution in [0, 0.1) is 0 Å². The smallest absolute Gasteiger partial charge is 0.331 e. The summed E-state index contributed by atoms with van der Waals surface area (Å²) in [5, 5.41) is 3.99. The number of benzene rings is 4. The highest BCUT2D eigenvalue weighted by Crippen LogP contribution is 2.26. The van der Waals surface area contributed by atoms with E-state index in [4.69, 9.17) is 44.3 Å². The fourth-order valence-corrected chi connectivity index (χ4v) is 4.27. The van der Waals surface area contributed by atoms with Crippen molar-refractivity contribution in [1.82, 2.24) is 0 Å². The van der Waals surface area contributed by atoms with Crippen LogP contribution in [0.4, 0.5) is 5.69 Å². The molecular weight excluding hydrogens is 573 g/mol. The zero-order valence-corrected chi connectivity index (χ0v) is 23.2. The molecule has 4 aromatic rings. The Labute approximate surface area is 246 Å². The fraction of sp³-hybridized carbons (Fsp3) is 0.0645. The monoisotopic (exact) mass is 593 g/mol. The highest BCUT2D eigenvalue weighted by molar-refractivity contribution is 6.36. The normalized spacial score (nSPS) is 10.8. The second kappa shape index (κ2) is 13.8. The summed E-state index contributed by atoms with van der Waals surface area (Å²) in [6, 6.07) is 25.4. The highest BCUT2D eigenvalue weighted by Gasteiger charge is 2.16. The van der Waals surface area contributed by atoms with Gasteiger partial charge in [0.1, 0.15) is 12.4 Å². The molecule has 0 atom stereocenters. The van der Waals surface area contributed by atoms with Gasteiger partial charge in [-0.2, -0.15) is 0 Å². The molecule has 1 amide bonds. The van der Waals surface area contributed by atoms with Crippen LogP contribution in [0.15, 0.2) is 97.1 Å². The molecule has 0 saturated carbocycles. The predicted octanol–water partition coefficient (Wildman–Crippen LogP) is 7.65. The van der Waals surface area contributed by atoms with E-state index in [1.165, 1.54) is 18.2 Å². The number of hydrogen-bond acceptors (Lipinski definition) is 5. The Morgan fingerprint density at radius 1 is 0.800 bits per heavy atom. The summed E-state index contributed by atoms with van der Waals surface area (Å²) < 4.78 is 10.8. The fourth-order valence-electron chi connectivity index (χ4n) is 3.59. The van der Waals surface area contributed by atoms with Gasteiger partial charge in [0.2, 0.25) is 0 Å². The van der Waals surface area contributed by atoms with Crippen LogP contribution in [-0.4, -0.2) is 24.3 Å². The third kappa shape index (κ3) is 7.96. The Morgan fingerprint density at radius 3 is 2.20 bits per heavy atom. The zero-order chi connectivity index (χ0) is 28.5. The van der Waals surface area contributed by atoms with E-state index in [0.717, 1.165) is 5.56 Å². The lowest BCUT2D eigenvalue weighted by molar-refractivity contribution is -0.142. The van der Waals surface area contributed by atoms with Gasteiger partial charge in [0.05, 0.1) is 5.69 Å². The predicted molar refractivity (Wildman–Crippen MR) is 157 cm³/mol. The molecule has 0 radical (unpaired) electrons. The van der Waals surface area contributed by atoms with Crippen LogP contribution in [-0.2, 0) is 20.9 Å². The van der Waals surface area contributed by atoms with Gasteiger partial charge in [0.15, 0.2) is 12.4 Å². The molecule has 0 aliphatic carbocycles. The molecule has 0 aliphatic rings. The van der Waals surface area contributed by atoms with Crippen LogP contribution in [0.2, 0.25) is 15.1 Å². The SMILES string of the molecule is O=C(COC(=O)/C=C/c1ccc(OCc2c(Cl)cccc2Cl)cc1)Nc1ccc(Cl)cc1C(=O)c1ccccc1. The molecule has 4 aromatic carbocycles. The van der Waals surface area contributed by atoms with E-state index in [1.54, 1.807) is 84.9 Å². The minimum absolute atomic E-state index is 0.208. The first kappa shape index (κ1) is 28.9. The maximum atomic E-state index is 12.9. The summed E-state index contributed by atoms with van der Waals surface area (Å²) in [5.41, 5.74) is 2.34. The van der Waals surface area contributed by atoms with Crippen LogP contribution >= 0.6 is 34.8 Å². The molecule has 0 aromatic heterocycles. The summed E-state index contributed by atoms with van der Waals surface area (Å²) in [6.45, 7) is -0.331. The molecule has 6 nitrogen and oxygen atoms in total. The number of halogens is 3. The molecule has 0 heterocycles. The van der Waals surface area contributed by atoms with E-state index in [-0.39, 0.29) is 23.6 Å². The van der Waals surface area contributed by atoms with Crippen molar-refractivity contribution in [3.63, 3.8) is 0 Å². The Hall–Kier alpha value is -4.10. The molecule has 0 bridgehead atoms. The van der Waals surface area contributed by atoms with Gasteiger partial charge in [-0.3, -0.25) is 9.59 Å². The van der Waals surface area contributed by atoms with Gasteiger partial charge in [0, 0.05) is 37.8 Å². The quantitative estimate of drug-likeness (QED) is 0.116. The van der Waals surface area contributed by atoms with Crippen molar-refractivity contribution in [2.24, 2.45) is 0 Å². The lowest BCUT2D eigenvalue weighted by Crippen LogP contribution is -2.21. The summed E-state index contributed by atoms with van der Waals surface area (Å²) >= 11 is 18.4. The number of anilines is 1. The van der Waals surface area contributed by atoms with Crippen LogP contribution < -0.4 is 10.1 Å². The maximum absolute atomic E-state index is 12.9. The molecule has 0 unspecified atom stereocenters. The van der Waals surface area contributed by atoms with Crippen molar-refractivity contribution in [3.8, 4) is 5.75 Å². The summed E-state index contributed by atoms with van der Waals surface area (Å²) in [6.07, 6.45) is 2.75. The molecule has 1 N–H and O–H groups in total. The third-order valence-corrected chi connectivity index (χ3v) is 6.56. The first-order valence-electron chi connectivity index (χ1n) is 12.0. The van der Waals surface area contributed by atoms with Gasteiger partial charge in [-0.25, -0.2) is 4.79 Å². The first-order chi connectivity index (χ1) is 19.3. The lowest BCUT2D eigenvalue weighted by Gasteiger charge is -2.11. The lowest BCUT2D eigenvalue weighted by atomic mass is 10.0. The van der Waals surface area contributed by atoms with Gasteiger partial charge < -0.3 is 14.8 Å². The summed E-state index contributed by atoms with van der Waals surface area (Å²) in [5.74, 6) is -1.02. The number of rotatable bonds is 10. The van der Waals surface area contributed by atoms with Crippen molar-refractivity contribution < 1.29 is 23.9 Å². The van der Waals surface area contributed by atoms with Crippen LogP contribution in [0.5, 0.6) is 5.75 Å². The van der Waals surface area contributed by atoms with E-state index in [9.17, 15) is 14.4 Å². The maximum Gasteiger partial charge on any atom is 0.331 e. The number of ether oxygens (including phenoxy) is 2. The van der Waals surface area contributed by atoms with Crippen molar-refractivity contribution in [2.45, 2.75) is 6.61 Å². The molecular formula is C31H22Cl3NO5. The third-order valence-electron chi connectivity index (χ3n) is 5.62. The molecule has 0 aliphatic heterocycles. The molecule has 4 rings (SSSR count). The number of hydrogen-bond donors (Lipinski definition) is 1. The largest absolute Gasteiger partial charge is 0.489 e. The van der Waals surface area contributed by atoms with Crippen LogP contribution in [0.3, 0.4) is 0 Å². The van der Waals surface area contributed by atoms with E-state index >= 15 is 0 Å². The second-order valence-electron chi connectivity index (χ2n) is 8.43. The van der Waals surface area contributed by atoms with Gasteiger partial charge in [-0.1, -0.05) is 83.3 Å². The molecule has 202 valence electrons. The number of carbonyl (C=O) groups excluding carboxylic acids is 3. The topological polar surface area (TPSA) is 81.7 Å².